The number of rotatable bonds is 5. The number of fused-ring (bicyclic) bond motifs is 2. The maximum absolute atomic E-state index is 11.4. The quantitative estimate of drug-likeness (QED) is 0.698. The van der Waals surface area contributed by atoms with Crippen molar-refractivity contribution in [2.24, 2.45) is 23.2 Å². The summed E-state index contributed by atoms with van der Waals surface area (Å²) in [5, 5.41) is 0. The molecular weight excluding hydrogens is 222 g/mol. The SMILES string of the molecule is CN(CC1CC2CCC1C2)CC1(C=O)CCCC1. The molecule has 2 bridgehead atoms. The van der Waals surface area contributed by atoms with E-state index in [-0.39, 0.29) is 5.41 Å². The van der Waals surface area contributed by atoms with Gasteiger partial charge in [-0.1, -0.05) is 19.3 Å². The van der Waals surface area contributed by atoms with E-state index in [2.05, 4.69) is 11.9 Å². The second kappa shape index (κ2) is 4.96. The Bertz CT molecular complexity index is 308. The number of carbonyl (C=O) groups is 1. The summed E-state index contributed by atoms with van der Waals surface area (Å²) in [6.07, 6.45) is 11.9. The van der Waals surface area contributed by atoms with E-state index in [0.717, 1.165) is 37.1 Å². The summed E-state index contributed by atoms with van der Waals surface area (Å²) in [7, 11) is 2.23. The molecule has 3 aliphatic carbocycles. The lowest BCUT2D eigenvalue weighted by atomic mass is 9.85. The summed E-state index contributed by atoms with van der Waals surface area (Å²) in [5.41, 5.74) is 0.00632. The van der Waals surface area contributed by atoms with Gasteiger partial charge >= 0.3 is 0 Å². The van der Waals surface area contributed by atoms with Gasteiger partial charge in [0.15, 0.2) is 0 Å². The fraction of sp³-hybridized carbons (Fsp3) is 0.938. The Kier molecular flexibility index (Phi) is 3.48. The van der Waals surface area contributed by atoms with E-state index < -0.39 is 0 Å². The first kappa shape index (κ1) is 12.7. The number of hydrogen-bond donors (Lipinski definition) is 0. The summed E-state index contributed by atoms with van der Waals surface area (Å²) in [6, 6.07) is 0. The lowest BCUT2D eigenvalue weighted by molar-refractivity contribution is -0.117. The van der Waals surface area contributed by atoms with Crippen LogP contribution in [-0.2, 0) is 4.79 Å². The van der Waals surface area contributed by atoms with E-state index >= 15 is 0 Å². The number of aldehydes is 1. The second-order valence-electron chi connectivity index (χ2n) is 7.32. The van der Waals surface area contributed by atoms with Gasteiger partial charge in [0.2, 0.25) is 0 Å². The molecule has 0 radical (unpaired) electrons. The van der Waals surface area contributed by atoms with E-state index in [9.17, 15) is 4.79 Å². The molecular formula is C16H27NO. The predicted molar refractivity (Wildman–Crippen MR) is 73.4 cm³/mol. The van der Waals surface area contributed by atoms with Gasteiger partial charge in [-0.15, -0.1) is 0 Å². The highest BCUT2D eigenvalue weighted by Gasteiger charge is 2.41. The van der Waals surface area contributed by atoms with Crippen molar-refractivity contribution < 1.29 is 4.79 Å². The van der Waals surface area contributed by atoms with E-state index in [0.29, 0.717) is 0 Å². The lowest BCUT2D eigenvalue weighted by Crippen LogP contribution is -2.38. The Morgan fingerprint density at radius 3 is 2.56 bits per heavy atom. The molecule has 0 aromatic rings. The zero-order valence-electron chi connectivity index (χ0n) is 11.7. The van der Waals surface area contributed by atoms with Gasteiger partial charge in [0.1, 0.15) is 6.29 Å². The third-order valence-corrected chi connectivity index (χ3v) is 5.86. The molecule has 0 N–H and O–H groups in total. The first-order valence-corrected chi connectivity index (χ1v) is 7.86. The van der Waals surface area contributed by atoms with Gasteiger partial charge in [-0.25, -0.2) is 0 Å². The van der Waals surface area contributed by atoms with Gasteiger partial charge in [-0.3, -0.25) is 0 Å². The zero-order chi connectivity index (χ0) is 12.6. The first-order valence-electron chi connectivity index (χ1n) is 7.86. The van der Waals surface area contributed by atoms with Crippen molar-refractivity contribution in [3.8, 4) is 0 Å². The Morgan fingerprint density at radius 1 is 1.22 bits per heavy atom. The molecule has 3 unspecified atom stereocenters. The topological polar surface area (TPSA) is 20.3 Å². The van der Waals surface area contributed by atoms with E-state index in [1.807, 2.05) is 0 Å². The van der Waals surface area contributed by atoms with Crippen molar-refractivity contribution in [3.63, 3.8) is 0 Å². The molecule has 3 rings (SSSR count). The molecule has 3 aliphatic rings. The zero-order valence-corrected chi connectivity index (χ0v) is 11.7. The number of hydrogen-bond acceptors (Lipinski definition) is 2. The number of nitrogens with zero attached hydrogens (tertiary/aromatic N) is 1. The molecule has 0 amide bonds. The second-order valence-corrected chi connectivity index (χ2v) is 7.32. The molecule has 0 aromatic carbocycles. The highest BCUT2D eigenvalue weighted by atomic mass is 16.1. The molecule has 0 saturated heterocycles. The largest absolute Gasteiger partial charge is 0.305 e. The highest BCUT2D eigenvalue weighted by molar-refractivity contribution is 5.60. The minimum absolute atomic E-state index is 0.00632. The van der Waals surface area contributed by atoms with E-state index in [4.69, 9.17) is 0 Å². The van der Waals surface area contributed by atoms with Gasteiger partial charge in [0.25, 0.3) is 0 Å². The molecule has 3 saturated carbocycles. The molecule has 102 valence electrons. The molecule has 3 fully saturated rings. The minimum atomic E-state index is 0.00632. The highest BCUT2D eigenvalue weighted by Crippen LogP contribution is 2.48. The fourth-order valence-corrected chi connectivity index (χ4v) is 4.99. The lowest BCUT2D eigenvalue weighted by Gasteiger charge is -2.32. The molecule has 0 heterocycles. The van der Waals surface area contributed by atoms with Gasteiger partial charge in [-0.05, 0) is 56.9 Å². The van der Waals surface area contributed by atoms with Crippen LogP contribution < -0.4 is 0 Å². The fourth-order valence-electron chi connectivity index (χ4n) is 4.99. The van der Waals surface area contributed by atoms with Crippen molar-refractivity contribution in [3.05, 3.63) is 0 Å². The summed E-state index contributed by atoms with van der Waals surface area (Å²) < 4.78 is 0. The summed E-state index contributed by atoms with van der Waals surface area (Å²) in [6.45, 7) is 2.24. The molecule has 0 aliphatic heterocycles. The van der Waals surface area contributed by atoms with Crippen LogP contribution in [0.1, 0.15) is 51.4 Å². The van der Waals surface area contributed by atoms with Gasteiger partial charge < -0.3 is 9.69 Å². The average molecular weight is 249 g/mol. The van der Waals surface area contributed by atoms with Crippen LogP contribution >= 0.6 is 0 Å². The maximum atomic E-state index is 11.4. The summed E-state index contributed by atoms with van der Waals surface area (Å²) in [4.78, 5) is 13.9. The van der Waals surface area contributed by atoms with Crippen molar-refractivity contribution in [2.75, 3.05) is 20.1 Å². The normalized spacial score (nSPS) is 37.6. The van der Waals surface area contributed by atoms with Crippen LogP contribution in [0.3, 0.4) is 0 Å². The Morgan fingerprint density at radius 2 is 2.00 bits per heavy atom. The molecule has 3 atom stereocenters. The predicted octanol–water partition coefficient (Wildman–Crippen LogP) is 3.11. The van der Waals surface area contributed by atoms with Crippen molar-refractivity contribution in [2.45, 2.75) is 51.4 Å². The molecule has 18 heavy (non-hydrogen) atoms. The molecule has 2 heteroatoms. The van der Waals surface area contributed by atoms with Crippen molar-refractivity contribution in [1.82, 2.24) is 4.90 Å². The first-order chi connectivity index (χ1) is 8.71. The molecule has 2 nitrogen and oxygen atoms in total. The Hall–Kier alpha value is -0.370. The van der Waals surface area contributed by atoms with Crippen LogP contribution in [0.25, 0.3) is 0 Å². The standard InChI is InChI=1S/C16H27NO/c1-17(11-16(12-18)6-2-3-7-16)10-15-9-13-4-5-14(15)8-13/h12-15H,2-11H2,1H3. The van der Waals surface area contributed by atoms with Crippen molar-refractivity contribution >= 4 is 6.29 Å². The van der Waals surface area contributed by atoms with Gasteiger partial charge in [0, 0.05) is 18.5 Å². The van der Waals surface area contributed by atoms with Crippen LogP contribution in [0.2, 0.25) is 0 Å². The average Bonchev–Trinajstić information content (AvgIpc) is 3.04. The van der Waals surface area contributed by atoms with Crippen LogP contribution in [0.4, 0.5) is 0 Å². The monoisotopic (exact) mass is 249 g/mol. The smallest absolute Gasteiger partial charge is 0.127 e. The van der Waals surface area contributed by atoms with E-state index in [1.54, 1.807) is 0 Å². The van der Waals surface area contributed by atoms with Gasteiger partial charge in [0.05, 0.1) is 0 Å². The molecule has 0 spiro atoms. The van der Waals surface area contributed by atoms with Crippen LogP contribution in [0.5, 0.6) is 0 Å². The third kappa shape index (κ3) is 2.36. The van der Waals surface area contributed by atoms with Gasteiger partial charge in [-0.2, -0.15) is 0 Å². The Balaban J connectivity index is 1.52. The third-order valence-electron chi connectivity index (χ3n) is 5.86. The van der Waals surface area contributed by atoms with Crippen LogP contribution in [0, 0.1) is 23.2 Å². The van der Waals surface area contributed by atoms with Crippen LogP contribution in [-0.4, -0.2) is 31.3 Å². The minimum Gasteiger partial charge on any atom is -0.305 e. The van der Waals surface area contributed by atoms with Crippen LogP contribution in [0.15, 0.2) is 0 Å². The van der Waals surface area contributed by atoms with E-state index in [1.165, 1.54) is 51.4 Å². The summed E-state index contributed by atoms with van der Waals surface area (Å²) >= 11 is 0. The molecule has 0 aromatic heterocycles. The maximum Gasteiger partial charge on any atom is 0.127 e. The number of carbonyl (C=O) groups excluding carboxylic acids is 1. The Labute approximate surface area is 111 Å². The summed E-state index contributed by atoms with van der Waals surface area (Å²) in [5.74, 6) is 2.98. The van der Waals surface area contributed by atoms with Crippen molar-refractivity contribution in [1.29, 1.82) is 0 Å².